The minimum Gasteiger partial charge on any atom is -0.194 e. The molecule has 0 rings (SSSR count). The normalized spacial score (nSPS) is 7.33. The van der Waals surface area contributed by atoms with Gasteiger partial charge in [-0.2, -0.15) is 20.2 Å². The molecule has 0 atom stereocenters. The number of nitro groups is 1. The SMILES string of the molecule is O=[15N+]([O-])[15N+](=O)[O-]. The van der Waals surface area contributed by atoms with Gasteiger partial charge in [-0.05, 0) is 0 Å². The van der Waals surface area contributed by atoms with Crippen LogP contribution in [-0.4, -0.2) is 10.1 Å². The summed E-state index contributed by atoms with van der Waals surface area (Å²) < 4.78 is 0. The summed E-state index contributed by atoms with van der Waals surface area (Å²) in [5.74, 6) is 0. The first kappa shape index (κ1) is 4.80. The topological polar surface area (TPSA) is 86.3 Å². The number of hydrogen-bond donors (Lipinski definition) is 0. The van der Waals surface area contributed by atoms with E-state index >= 15 is 0 Å². The minimum absolute atomic E-state index is 1.61. The van der Waals surface area contributed by atoms with E-state index in [1.54, 1.807) is 0 Å². The van der Waals surface area contributed by atoms with Crippen LogP contribution in [0.15, 0.2) is 0 Å². The van der Waals surface area contributed by atoms with Crippen molar-refractivity contribution < 1.29 is 10.1 Å². The summed E-state index contributed by atoms with van der Waals surface area (Å²) in [6.07, 6.45) is 0. The van der Waals surface area contributed by atoms with Crippen LogP contribution in [0.1, 0.15) is 0 Å². The highest BCUT2D eigenvalue weighted by Crippen LogP contribution is 1.61. The molecule has 0 aliphatic rings. The molecule has 6 nitrogen and oxygen atoms in total. The van der Waals surface area contributed by atoms with E-state index in [2.05, 4.69) is 0 Å². The van der Waals surface area contributed by atoms with Gasteiger partial charge in [0, 0.05) is 0 Å². The molecular formula is N2O4. The van der Waals surface area contributed by atoms with E-state index in [0.717, 1.165) is 0 Å². The van der Waals surface area contributed by atoms with Crippen molar-refractivity contribution in [2.75, 3.05) is 0 Å². The Bertz CT molecular complexity index is 71.5. The van der Waals surface area contributed by atoms with Crippen LogP contribution in [0.4, 0.5) is 0 Å². The lowest BCUT2D eigenvalue weighted by molar-refractivity contribution is -1.08. The van der Waals surface area contributed by atoms with Gasteiger partial charge in [-0.25, -0.2) is 0 Å². The van der Waals surface area contributed by atoms with Crippen molar-refractivity contribution in [1.29, 1.82) is 0 Å². The van der Waals surface area contributed by atoms with Crippen LogP contribution in [0, 0.1) is 20.2 Å². The Hall–Kier alpha value is -1.20. The zero-order valence-electron chi connectivity index (χ0n) is 2.53. The zero-order valence-corrected chi connectivity index (χ0v) is 2.53. The van der Waals surface area contributed by atoms with E-state index < -0.39 is 10.1 Å². The summed E-state index contributed by atoms with van der Waals surface area (Å²) in [5.41, 5.74) is 0. The summed E-state index contributed by atoms with van der Waals surface area (Å²) >= 11 is 0. The molecule has 0 unspecified atom stereocenters. The average Bonchev–Trinajstić information content (AvgIpc) is 1.36. The number of nitrogens with zero attached hydrogens (tertiary/aromatic N) is 2. The molecule has 0 heterocycles. The highest BCUT2D eigenvalue weighted by molar-refractivity contribution is 3.93. The molecule has 0 aliphatic carbocycles. The van der Waals surface area contributed by atoms with Gasteiger partial charge in [-0.15, -0.1) is 0 Å². The van der Waals surface area contributed by atoms with Gasteiger partial charge in [0.2, 0.25) is 0 Å². The average molecular weight is 94.0 g/mol. The Kier molecular flexibility index (Phi) is 1.03. The fourth-order valence-electron chi connectivity index (χ4n) is 0. The highest BCUT2D eigenvalue weighted by atomic mass is 17.2. The predicted octanol–water partition coefficient (Wildman–Crippen LogP) is -0.545. The van der Waals surface area contributed by atoms with Crippen LogP contribution in [-0.2, 0) is 0 Å². The van der Waals surface area contributed by atoms with Crippen LogP contribution in [0.25, 0.3) is 0 Å². The first-order valence-corrected chi connectivity index (χ1v) is 0.930. The molecule has 0 N–H and O–H groups in total. The summed E-state index contributed by atoms with van der Waals surface area (Å²) in [6.45, 7) is 0. The maximum atomic E-state index is 8.81. The van der Waals surface area contributed by atoms with Gasteiger partial charge >= 0.3 is 10.1 Å². The monoisotopic (exact) mass is 94.0 g/mol. The van der Waals surface area contributed by atoms with Gasteiger partial charge in [0.25, 0.3) is 0 Å². The maximum absolute atomic E-state index is 8.81. The molecule has 0 spiro atoms. The number of hydrogen-bond acceptors (Lipinski definition) is 4. The van der Waals surface area contributed by atoms with Gasteiger partial charge in [0.05, 0.1) is 0 Å². The second-order valence-electron chi connectivity index (χ2n) is 0.476. The summed E-state index contributed by atoms with van der Waals surface area (Å²) in [7, 11) is 0. The smallest absolute Gasteiger partial charge is 0.194 e. The van der Waals surface area contributed by atoms with Crippen molar-refractivity contribution in [2.45, 2.75) is 0 Å². The van der Waals surface area contributed by atoms with Crippen LogP contribution >= 0.6 is 0 Å². The molecule has 0 amide bonds. The Labute approximate surface area is 31.7 Å². The van der Waals surface area contributed by atoms with E-state index in [-0.39, 0.29) is 0 Å². The van der Waals surface area contributed by atoms with Gasteiger partial charge in [-0.3, -0.25) is 0 Å². The lowest BCUT2D eigenvalue weighted by Gasteiger charge is -1.64. The minimum atomic E-state index is -1.61. The fourth-order valence-corrected chi connectivity index (χ4v) is 0. The lowest BCUT2D eigenvalue weighted by Crippen LogP contribution is -2.06. The fraction of sp³-hybridized carbons (Fsp3) is 0. The Morgan fingerprint density at radius 1 is 1.00 bits per heavy atom. The van der Waals surface area contributed by atoms with Crippen LogP contribution in [0.5, 0.6) is 0 Å². The molecule has 6 heavy (non-hydrogen) atoms. The molecule has 6 heteroatoms. The molecule has 0 fully saturated rings. The van der Waals surface area contributed by atoms with E-state index in [9.17, 15) is 0 Å². The Morgan fingerprint density at radius 3 is 1.17 bits per heavy atom. The van der Waals surface area contributed by atoms with Crippen molar-refractivity contribution in [1.82, 2.24) is 0 Å². The molecule has 34 valence electrons. The predicted molar refractivity (Wildman–Crippen MR) is 14.0 cm³/mol. The van der Waals surface area contributed by atoms with Crippen molar-refractivity contribution >= 4 is 0 Å². The first-order valence-electron chi connectivity index (χ1n) is 0.930. The van der Waals surface area contributed by atoms with E-state index in [4.69, 9.17) is 20.2 Å². The molecule has 0 aromatic heterocycles. The van der Waals surface area contributed by atoms with E-state index in [0.29, 0.717) is 0 Å². The molecule has 0 bridgehead atoms. The number of hydrazine groups is 1. The molecule has 0 aromatic carbocycles. The van der Waals surface area contributed by atoms with Crippen molar-refractivity contribution in [2.24, 2.45) is 0 Å². The third-order valence-electron chi connectivity index (χ3n) is 0.133. The number of rotatable bonds is 1. The summed E-state index contributed by atoms with van der Waals surface area (Å²) in [6, 6.07) is 0. The van der Waals surface area contributed by atoms with Gasteiger partial charge in [0.1, 0.15) is 0 Å². The van der Waals surface area contributed by atoms with Crippen LogP contribution in [0.2, 0.25) is 0 Å². The van der Waals surface area contributed by atoms with Gasteiger partial charge in [0.15, 0.2) is 0 Å². The van der Waals surface area contributed by atoms with Gasteiger partial charge in [-0.1, -0.05) is 0 Å². The summed E-state index contributed by atoms with van der Waals surface area (Å²) in [4.78, 5) is 17.6. The second-order valence-corrected chi connectivity index (χ2v) is 0.476. The second kappa shape index (κ2) is 1.29. The third kappa shape index (κ3) is 1.16. The van der Waals surface area contributed by atoms with Crippen LogP contribution < -0.4 is 0 Å². The quantitative estimate of drug-likeness (QED) is 0.248. The molecule has 0 aliphatic heterocycles. The highest BCUT2D eigenvalue weighted by Gasteiger charge is 2.06. The van der Waals surface area contributed by atoms with Gasteiger partial charge < -0.3 is 0 Å². The summed E-state index contributed by atoms with van der Waals surface area (Å²) in [5, 5.41) is 14.4. The van der Waals surface area contributed by atoms with Crippen LogP contribution in [0.3, 0.4) is 0 Å². The van der Waals surface area contributed by atoms with E-state index in [1.165, 1.54) is 0 Å². The molecule has 0 saturated carbocycles. The van der Waals surface area contributed by atoms with Crippen molar-refractivity contribution in [3.05, 3.63) is 20.2 Å². The molecule has 0 aromatic rings. The third-order valence-corrected chi connectivity index (χ3v) is 0.133. The lowest BCUT2D eigenvalue weighted by atomic mass is 13.4. The van der Waals surface area contributed by atoms with E-state index in [1.807, 2.05) is 0 Å². The standard InChI is InChI=1S/N2O4/c3-1(4)2(5)6/i1+1,2+1. The van der Waals surface area contributed by atoms with Crippen molar-refractivity contribution in [3.8, 4) is 0 Å². The zero-order chi connectivity index (χ0) is 5.15. The molecule has 0 radical (unpaired) electrons. The first-order chi connectivity index (χ1) is 2.64. The largest absolute Gasteiger partial charge is 0.387 e. The Balaban J connectivity index is 3.57. The Morgan fingerprint density at radius 2 is 1.17 bits per heavy atom. The molecule has 0 saturated heterocycles. The maximum Gasteiger partial charge on any atom is 0.387 e. The van der Waals surface area contributed by atoms with Crippen molar-refractivity contribution in [3.63, 3.8) is 0 Å². The molecular weight excluding hydrogens is 94.0 g/mol.